The van der Waals surface area contributed by atoms with Crippen LogP contribution in [0.25, 0.3) is 27.8 Å². The minimum Gasteiger partial charge on any atom is -0.493 e. The number of nitrogens with zero attached hydrogens (tertiary/aromatic N) is 5. The first-order valence-corrected chi connectivity index (χ1v) is 18.3. The molecule has 3 aromatic carbocycles. The highest BCUT2D eigenvalue weighted by Gasteiger charge is 2.24. The summed E-state index contributed by atoms with van der Waals surface area (Å²) in [6.07, 6.45) is 4.72. The quantitative estimate of drug-likeness (QED) is 0.127. The lowest BCUT2D eigenvalue weighted by atomic mass is 10.0. The number of hydrogen-bond donors (Lipinski definition) is 3. The molecule has 0 spiro atoms. The van der Waals surface area contributed by atoms with Crippen molar-refractivity contribution in [3.8, 4) is 5.75 Å². The third-order valence-electron chi connectivity index (χ3n) is 8.51. The van der Waals surface area contributed by atoms with Crippen LogP contribution in [0, 0.1) is 0 Å². The van der Waals surface area contributed by atoms with Crippen molar-refractivity contribution in [3.63, 3.8) is 0 Å². The summed E-state index contributed by atoms with van der Waals surface area (Å²) in [7, 11) is 3.72. The van der Waals surface area contributed by atoms with Gasteiger partial charge in [0, 0.05) is 71.1 Å². The van der Waals surface area contributed by atoms with Gasteiger partial charge in [-0.3, -0.25) is 9.69 Å². The largest absolute Gasteiger partial charge is 0.493 e. The molecular formula is C38H45ClN6O4S. The van der Waals surface area contributed by atoms with E-state index in [0.29, 0.717) is 48.6 Å². The van der Waals surface area contributed by atoms with Crippen molar-refractivity contribution >= 4 is 63.3 Å². The van der Waals surface area contributed by atoms with Crippen molar-refractivity contribution in [3.05, 3.63) is 93.5 Å². The highest BCUT2D eigenvalue weighted by atomic mass is 35.5. The zero-order chi connectivity index (χ0) is 35.8. The van der Waals surface area contributed by atoms with E-state index in [1.165, 1.54) is 0 Å². The number of thioether (sulfide) groups is 1. The molecule has 1 aliphatic heterocycles. The van der Waals surface area contributed by atoms with Gasteiger partial charge in [-0.2, -0.15) is 10.2 Å². The third-order valence-corrected chi connectivity index (χ3v) is 9.85. The van der Waals surface area contributed by atoms with Gasteiger partial charge in [0.05, 0.1) is 36.7 Å². The summed E-state index contributed by atoms with van der Waals surface area (Å²) < 4.78 is 10.0. The number of hydrazone groups is 1. The Hall–Kier alpha value is -4.29. The Bertz CT molecular complexity index is 2040. The molecule has 5 aromatic rings. The molecule has 0 fully saturated rings. The van der Waals surface area contributed by atoms with E-state index < -0.39 is 5.97 Å². The first-order chi connectivity index (χ1) is 24.3. The molecule has 0 aliphatic carbocycles. The zero-order valence-electron chi connectivity index (χ0n) is 29.2. The highest BCUT2D eigenvalue weighted by Crippen LogP contribution is 2.36. The van der Waals surface area contributed by atoms with Crippen LogP contribution in [0.2, 0.25) is 5.02 Å². The number of aromatic carboxylic acids is 1. The lowest BCUT2D eigenvalue weighted by Gasteiger charge is -2.22. The second-order valence-electron chi connectivity index (χ2n) is 11.6. The minimum absolute atomic E-state index is 0.106. The number of aliphatic hydroxyl groups excluding tert-OH is 1. The molecule has 3 N–H and O–H groups in total. The van der Waals surface area contributed by atoms with Crippen LogP contribution in [-0.2, 0) is 32.8 Å². The van der Waals surface area contributed by atoms with Gasteiger partial charge >= 0.3 is 5.97 Å². The normalized spacial score (nSPS) is 15.2. The van der Waals surface area contributed by atoms with Crippen LogP contribution in [0.4, 0.5) is 0 Å². The molecule has 0 unspecified atom stereocenters. The summed E-state index contributed by atoms with van der Waals surface area (Å²) in [5.41, 5.74) is 5.10. The zero-order valence-corrected chi connectivity index (χ0v) is 30.8. The number of ether oxygens (including phenoxy) is 1. The first-order valence-electron chi connectivity index (χ1n) is 16.9. The average molecular weight is 717 g/mol. The molecule has 12 heteroatoms. The monoisotopic (exact) mass is 716 g/mol. The van der Waals surface area contributed by atoms with Crippen LogP contribution in [-0.4, -0.2) is 68.1 Å². The Morgan fingerprint density at radius 1 is 1.14 bits per heavy atom. The van der Waals surface area contributed by atoms with Crippen LogP contribution in [0.15, 0.2) is 70.3 Å². The molecule has 6 rings (SSSR count). The lowest BCUT2D eigenvalue weighted by Crippen LogP contribution is -2.28. The maximum absolute atomic E-state index is 12.7. The Morgan fingerprint density at radius 3 is 2.70 bits per heavy atom. The highest BCUT2D eigenvalue weighted by molar-refractivity contribution is 7.98. The smallest absolute Gasteiger partial charge is 0.352 e. The molecule has 0 saturated carbocycles. The maximum Gasteiger partial charge on any atom is 0.352 e. The number of aliphatic hydroxyl groups is 1. The number of hydrogen-bond acceptors (Lipinski definition) is 8. The molecule has 50 heavy (non-hydrogen) atoms. The van der Waals surface area contributed by atoms with Gasteiger partial charge in [-0.15, -0.1) is 11.8 Å². The van der Waals surface area contributed by atoms with Crippen molar-refractivity contribution in [2.75, 3.05) is 26.3 Å². The molecule has 1 aliphatic rings. The van der Waals surface area contributed by atoms with Gasteiger partial charge in [0.1, 0.15) is 11.4 Å². The minimum atomic E-state index is -1.00. The SMILES string of the molecule is C/C=N/N(CCO)/C1=C/c2c(Cl)ccc3c(c(C(=O)O)n(C)c23)CCCOc2cc(cc3ccccc23)SCc2cc(nn2C)CNC1.CC. The third kappa shape index (κ3) is 8.02. The predicted molar refractivity (Wildman–Crippen MR) is 204 cm³/mol. The summed E-state index contributed by atoms with van der Waals surface area (Å²) in [5, 5.41) is 38.2. The number of carboxylic acids is 1. The Balaban J connectivity index is 0.00000239. The fourth-order valence-electron chi connectivity index (χ4n) is 6.34. The maximum atomic E-state index is 12.7. The average Bonchev–Trinajstić information content (AvgIpc) is 3.61. The van der Waals surface area contributed by atoms with Crippen LogP contribution in [0.3, 0.4) is 0 Å². The van der Waals surface area contributed by atoms with E-state index in [1.54, 1.807) is 34.6 Å². The standard InChI is InChI=1S/C36H39ClN6O4S.C2H6/c1-4-39-43(13-14-44)25-18-31-32(37)12-11-30-29(35(36(45)46)41(2)34(30)31)10-7-15-47-33-19-27(16-23-8-5-6-9-28(23)33)48-22-26-17-24(20-38-21-25)40-42(26)3;1-2/h4-6,8-9,11-12,16-19,38,44H,7,10,13-15,20-22H2,1-3H3,(H,45,46);1-2H3/b25-18+,39-4+;. The van der Waals surface area contributed by atoms with Gasteiger partial charge in [-0.25, -0.2) is 4.79 Å². The number of fused-ring (bicyclic) bond motifs is 6. The van der Waals surface area contributed by atoms with Crippen LogP contribution in [0.1, 0.15) is 60.2 Å². The van der Waals surface area contributed by atoms with E-state index >= 15 is 0 Å². The second kappa shape index (κ2) is 17.1. The molecular weight excluding hydrogens is 672 g/mol. The van der Waals surface area contributed by atoms with Gasteiger partial charge in [-0.1, -0.05) is 55.8 Å². The Labute approximate surface area is 302 Å². The Kier molecular flexibility index (Phi) is 12.6. The van der Waals surface area contributed by atoms with Gasteiger partial charge < -0.3 is 24.8 Å². The first kappa shape index (κ1) is 37.0. The molecule has 0 amide bonds. The number of carboxylic acid groups (broad SMARTS) is 1. The molecule has 264 valence electrons. The van der Waals surface area contributed by atoms with E-state index in [4.69, 9.17) is 21.4 Å². The fraction of sp³-hybridized carbons (Fsp3) is 0.342. The van der Waals surface area contributed by atoms with Crippen LogP contribution >= 0.6 is 23.4 Å². The van der Waals surface area contributed by atoms with E-state index in [-0.39, 0.29) is 18.8 Å². The summed E-state index contributed by atoms with van der Waals surface area (Å²) in [5.74, 6) is 0.537. The number of benzene rings is 3. The summed E-state index contributed by atoms with van der Waals surface area (Å²) in [6.45, 7) is 7.29. The number of carbonyl (C=O) groups is 1. The lowest BCUT2D eigenvalue weighted by molar-refractivity contribution is 0.0685. The summed E-state index contributed by atoms with van der Waals surface area (Å²) >= 11 is 8.60. The molecule has 0 radical (unpaired) electrons. The van der Waals surface area contributed by atoms with Crippen molar-refractivity contribution in [1.82, 2.24) is 24.7 Å². The van der Waals surface area contributed by atoms with E-state index in [2.05, 4.69) is 40.8 Å². The van der Waals surface area contributed by atoms with Gasteiger partial charge in [0.25, 0.3) is 0 Å². The van der Waals surface area contributed by atoms with E-state index in [9.17, 15) is 15.0 Å². The number of nitrogens with one attached hydrogen (secondary N) is 1. The molecule has 10 nitrogen and oxygen atoms in total. The molecule has 0 atom stereocenters. The van der Waals surface area contributed by atoms with Crippen molar-refractivity contribution in [2.45, 2.75) is 50.8 Å². The van der Waals surface area contributed by atoms with Gasteiger partial charge in [-0.05, 0) is 61.1 Å². The summed E-state index contributed by atoms with van der Waals surface area (Å²) in [4.78, 5) is 13.8. The van der Waals surface area contributed by atoms with Gasteiger partial charge in [0.15, 0.2) is 0 Å². The Morgan fingerprint density at radius 2 is 1.94 bits per heavy atom. The molecule has 3 heterocycles. The summed E-state index contributed by atoms with van der Waals surface area (Å²) in [6, 6.07) is 18.3. The second-order valence-corrected chi connectivity index (χ2v) is 13.1. The van der Waals surface area contributed by atoms with E-state index in [1.807, 2.05) is 62.8 Å². The van der Waals surface area contributed by atoms with Gasteiger partial charge in [0.2, 0.25) is 0 Å². The topological polar surface area (TPSA) is 117 Å². The number of rotatable bonds is 5. The molecule has 8 bridgehead atoms. The predicted octanol–water partition coefficient (Wildman–Crippen LogP) is 7.49. The van der Waals surface area contributed by atoms with Crippen LogP contribution < -0.4 is 10.1 Å². The molecule has 0 saturated heterocycles. The molecule has 2 aromatic heterocycles. The number of aryl methyl sites for hydroxylation is 3. The van der Waals surface area contributed by atoms with E-state index in [0.717, 1.165) is 55.2 Å². The van der Waals surface area contributed by atoms with Crippen molar-refractivity contribution in [2.24, 2.45) is 19.2 Å². The number of halogens is 1. The van der Waals surface area contributed by atoms with Crippen molar-refractivity contribution in [1.29, 1.82) is 0 Å². The fourth-order valence-corrected chi connectivity index (χ4v) is 7.53. The van der Waals surface area contributed by atoms with Crippen LogP contribution in [0.5, 0.6) is 5.75 Å². The number of aromatic nitrogens is 3. The van der Waals surface area contributed by atoms with Crippen molar-refractivity contribution < 1.29 is 19.7 Å².